The number of alkyl carbamates (subject to hydrolysis) is 1. The molecule has 6 amide bonds. The number of rotatable bonds is 22. The van der Waals surface area contributed by atoms with E-state index in [4.69, 9.17) is 16.2 Å². The van der Waals surface area contributed by atoms with Gasteiger partial charge in [0.2, 0.25) is 17.7 Å². The number of anilines is 1. The number of primary amides is 1. The molecule has 0 heterocycles. The molecule has 0 bridgehead atoms. The molecule has 0 spiro atoms. The van der Waals surface area contributed by atoms with Crippen LogP contribution in [0.3, 0.4) is 0 Å². The lowest BCUT2D eigenvalue weighted by Gasteiger charge is -2.27. The molecule has 0 saturated heterocycles. The molecule has 4 atom stereocenters. The predicted octanol–water partition coefficient (Wildman–Crippen LogP) is 3.84. The summed E-state index contributed by atoms with van der Waals surface area (Å²) in [6.45, 7) is 6.61. The Kier molecular flexibility index (Phi) is 16.8. The lowest BCUT2D eigenvalue weighted by atomic mass is 9.84. The van der Waals surface area contributed by atoms with Gasteiger partial charge in [-0.1, -0.05) is 74.5 Å². The van der Waals surface area contributed by atoms with Gasteiger partial charge in [-0.3, -0.25) is 24.0 Å². The Hall–Kier alpha value is -6.49. The fourth-order valence-electron chi connectivity index (χ4n) is 7.23. The van der Waals surface area contributed by atoms with E-state index >= 15 is 0 Å². The van der Waals surface area contributed by atoms with E-state index < -0.39 is 83.7 Å². The number of urea groups is 1. The van der Waals surface area contributed by atoms with E-state index in [9.17, 15) is 43.8 Å². The molecule has 0 unspecified atom stereocenters. The van der Waals surface area contributed by atoms with E-state index in [1.807, 2.05) is 48.5 Å². The number of amides is 6. The van der Waals surface area contributed by atoms with Crippen LogP contribution in [0.15, 0.2) is 72.8 Å². The van der Waals surface area contributed by atoms with Gasteiger partial charge < -0.3 is 53.0 Å². The van der Waals surface area contributed by atoms with E-state index in [0.717, 1.165) is 27.8 Å². The first-order valence-electron chi connectivity index (χ1n) is 20.2. The smallest absolute Gasteiger partial charge is 0.407 e. The number of benzene rings is 3. The summed E-state index contributed by atoms with van der Waals surface area (Å²) in [4.78, 5) is 88.7. The summed E-state index contributed by atoms with van der Waals surface area (Å²) < 4.78 is 5.60. The van der Waals surface area contributed by atoms with Crippen LogP contribution < -0.4 is 38.1 Å². The first kappa shape index (κ1) is 47.2. The van der Waals surface area contributed by atoms with Crippen LogP contribution in [0.1, 0.15) is 82.4 Å². The molecule has 1 aliphatic carbocycles. The Morgan fingerprint density at radius 1 is 0.770 bits per heavy atom. The maximum absolute atomic E-state index is 13.8. The van der Waals surface area contributed by atoms with Gasteiger partial charge in [-0.2, -0.15) is 0 Å². The minimum absolute atomic E-state index is 0.0477. The van der Waals surface area contributed by atoms with Crippen LogP contribution in [-0.2, 0) is 35.1 Å². The third-order valence-electron chi connectivity index (χ3n) is 10.5. The van der Waals surface area contributed by atoms with Crippen molar-refractivity contribution < 1.29 is 48.5 Å². The standard InChI is InChI=1S/C44H57N7O10/c1-25(2)37(51-39(55)35(19-20-36(52)53)50-43(60)61-24-33-31-12-7-5-10-29(31)30-11-6-8-13-32(30)33)40(56)49-34(14-9-21-47-42(46)59)38(54)48-28-17-15-26(16-18-28)22-27(45)23-44(3,4)41(57)58/h5-8,10-13,15-18,25,27,33-35,37H,9,14,19-24,45H2,1-4H3,(H,48,54)(H,49,56)(H,50,60)(H,51,55)(H,52,53)(H,57,58)(H3,46,47,59)/t27-,34-,35-,37-/m0/s1. The number of hydrogen-bond acceptors (Lipinski definition) is 9. The molecule has 1 aliphatic rings. The Labute approximate surface area is 354 Å². The lowest BCUT2D eigenvalue weighted by Crippen LogP contribution is -2.58. The van der Waals surface area contributed by atoms with Crippen molar-refractivity contribution in [3.8, 4) is 11.1 Å². The van der Waals surface area contributed by atoms with Crippen molar-refractivity contribution in [2.75, 3.05) is 18.5 Å². The second-order valence-electron chi connectivity index (χ2n) is 16.2. The Morgan fingerprint density at radius 3 is 1.92 bits per heavy atom. The van der Waals surface area contributed by atoms with Gasteiger partial charge in [-0.25, -0.2) is 9.59 Å². The number of carbonyl (C=O) groups excluding carboxylic acids is 5. The van der Waals surface area contributed by atoms with Crippen LogP contribution in [0.4, 0.5) is 15.3 Å². The van der Waals surface area contributed by atoms with Crippen molar-refractivity contribution in [3.63, 3.8) is 0 Å². The molecule has 0 aromatic heterocycles. The van der Waals surface area contributed by atoms with Gasteiger partial charge in [0.1, 0.15) is 24.7 Å². The Bertz CT molecular complexity index is 2010. The largest absolute Gasteiger partial charge is 0.481 e. The van der Waals surface area contributed by atoms with E-state index in [1.54, 1.807) is 52.0 Å². The normalized spacial score (nSPS) is 14.0. The monoisotopic (exact) mass is 843 g/mol. The SMILES string of the molecule is CC(C)[C@H](NC(=O)[C@H](CCC(=O)O)NC(=O)OCC1c2ccccc2-c2ccccc21)C(=O)N[C@@H](CCCNC(N)=O)C(=O)Nc1ccc(C[C@H](N)CC(C)(C)C(=O)O)cc1. The highest BCUT2D eigenvalue weighted by Crippen LogP contribution is 2.44. The number of carboxylic acid groups (broad SMARTS) is 2. The quantitative estimate of drug-likeness (QED) is 0.0655. The zero-order valence-corrected chi connectivity index (χ0v) is 34.9. The molecule has 0 radical (unpaired) electrons. The molecule has 3 aromatic carbocycles. The molecular formula is C44H57N7O10. The number of nitrogens with one attached hydrogen (secondary N) is 5. The summed E-state index contributed by atoms with van der Waals surface area (Å²) in [5, 5.41) is 31.9. The zero-order chi connectivity index (χ0) is 44.9. The molecule has 17 heteroatoms. The van der Waals surface area contributed by atoms with E-state index in [-0.39, 0.29) is 44.8 Å². The molecule has 61 heavy (non-hydrogen) atoms. The van der Waals surface area contributed by atoms with Crippen LogP contribution in [-0.4, -0.2) is 89.3 Å². The van der Waals surface area contributed by atoms with E-state index in [1.165, 1.54) is 0 Å². The average Bonchev–Trinajstić information content (AvgIpc) is 3.52. The molecule has 0 fully saturated rings. The van der Waals surface area contributed by atoms with Crippen molar-refractivity contribution in [3.05, 3.63) is 89.5 Å². The molecule has 0 saturated carbocycles. The molecule has 17 nitrogen and oxygen atoms in total. The number of aliphatic carboxylic acids is 2. The second kappa shape index (κ2) is 21.7. The number of nitrogens with two attached hydrogens (primary N) is 2. The lowest BCUT2D eigenvalue weighted by molar-refractivity contribution is -0.147. The van der Waals surface area contributed by atoms with Crippen molar-refractivity contribution in [1.82, 2.24) is 21.3 Å². The van der Waals surface area contributed by atoms with Crippen molar-refractivity contribution in [2.24, 2.45) is 22.8 Å². The summed E-state index contributed by atoms with van der Waals surface area (Å²) >= 11 is 0. The molecule has 328 valence electrons. The molecule has 4 rings (SSSR count). The number of ether oxygens (including phenoxy) is 1. The van der Waals surface area contributed by atoms with Crippen LogP contribution >= 0.6 is 0 Å². The van der Waals surface area contributed by atoms with Crippen LogP contribution in [0.5, 0.6) is 0 Å². The van der Waals surface area contributed by atoms with Gasteiger partial charge >= 0.3 is 24.1 Å². The van der Waals surface area contributed by atoms with Crippen LogP contribution in [0.2, 0.25) is 0 Å². The summed E-state index contributed by atoms with van der Waals surface area (Å²) in [5.41, 5.74) is 15.6. The summed E-state index contributed by atoms with van der Waals surface area (Å²) in [5.74, 6) is -5.09. The fraction of sp³-hybridized carbons (Fsp3) is 0.432. The van der Waals surface area contributed by atoms with Crippen molar-refractivity contribution >= 4 is 47.5 Å². The zero-order valence-electron chi connectivity index (χ0n) is 34.9. The maximum Gasteiger partial charge on any atom is 0.407 e. The highest BCUT2D eigenvalue weighted by Gasteiger charge is 2.34. The van der Waals surface area contributed by atoms with Gasteiger partial charge in [0, 0.05) is 30.6 Å². The van der Waals surface area contributed by atoms with Crippen LogP contribution in [0.25, 0.3) is 11.1 Å². The van der Waals surface area contributed by atoms with Gasteiger partial charge in [0.05, 0.1) is 5.41 Å². The van der Waals surface area contributed by atoms with Crippen molar-refractivity contribution in [1.29, 1.82) is 0 Å². The molecule has 11 N–H and O–H groups in total. The van der Waals surface area contributed by atoms with Gasteiger partial charge in [-0.05, 0) is 91.8 Å². The highest BCUT2D eigenvalue weighted by molar-refractivity contribution is 5.99. The minimum atomic E-state index is -1.39. The van der Waals surface area contributed by atoms with Crippen molar-refractivity contribution in [2.45, 2.75) is 96.3 Å². The number of carbonyl (C=O) groups is 7. The third kappa shape index (κ3) is 13.8. The minimum Gasteiger partial charge on any atom is -0.481 e. The molecule has 0 aliphatic heterocycles. The Morgan fingerprint density at radius 2 is 1.36 bits per heavy atom. The highest BCUT2D eigenvalue weighted by atomic mass is 16.5. The average molecular weight is 844 g/mol. The van der Waals surface area contributed by atoms with Gasteiger partial charge in [-0.15, -0.1) is 0 Å². The molecular weight excluding hydrogens is 787 g/mol. The Balaban J connectivity index is 1.42. The second-order valence-corrected chi connectivity index (χ2v) is 16.2. The predicted molar refractivity (Wildman–Crippen MR) is 227 cm³/mol. The van der Waals surface area contributed by atoms with E-state index in [0.29, 0.717) is 12.1 Å². The maximum atomic E-state index is 13.8. The number of carboxylic acids is 2. The first-order valence-corrected chi connectivity index (χ1v) is 20.2. The van der Waals surface area contributed by atoms with Crippen LogP contribution in [0, 0.1) is 11.3 Å². The van der Waals surface area contributed by atoms with Gasteiger partial charge in [0.25, 0.3) is 0 Å². The summed E-state index contributed by atoms with van der Waals surface area (Å²) in [6, 6.07) is 17.4. The summed E-state index contributed by atoms with van der Waals surface area (Å²) in [6.07, 6.45) is -0.769. The molecule has 3 aromatic rings. The third-order valence-corrected chi connectivity index (χ3v) is 10.5. The fourth-order valence-corrected chi connectivity index (χ4v) is 7.23. The first-order chi connectivity index (χ1) is 28.9. The number of fused-ring (bicyclic) bond motifs is 3. The number of hydrogen-bond donors (Lipinski definition) is 9. The topological polar surface area (TPSA) is 281 Å². The van der Waals surface area contributed by atoms with Gasteiger partial charge in [0.15, 0.2) is 0 Å². The summed E-state index contributed by atoms with van der Waals surface area (Å²) in [7, 11) is 0. The van der Waals surface area contributed by atoms with E-state index in [2.05, 4.69) is 26.6 Å².